The van der Waals surface area contributed by atoms with Crippen molar-refractivity contribution >= 4 is 12.1 Å². The second kappa shape index (κ2) is 12.8. The average Bonchev–Trinajstić information content (AvgIpc) is 2.74. The molecule has 31 heavy (non-hydrogen) atoms. The fourth-order valence-electron chi connectivity index (χ4n) is 3.42. The number of nitrogens with two attached hydrogens (primary N) is 1. The molecule has 172 valence electrons. The maximum absolute atomic E-state index is 11.4. The summed E-state index contributed by atoms with van der Waals surface area (Å²) in [6, 6.07) is 5.46. The molecule has 1 atom stereocenters. The molecule has 1 saturated heterocycles. The number of β-amino-alcohol motifs (C(OH)–C–C–N with tert-alkyl or cyclic N) is 1. The van der Waals surface area contributed by atoms with E-state index in [1.165, 1.54) is 0 Å². The Hall–Kier alpha value is -2.78. The van der Waals surface area contributed by atoms with Gasteiger partial charge >= 0.3 is 12.1 Å². The number of nitrogens with zero attached hydrogens (tertiary/aromatic N) is 2. The summed E-state index contributed by atoms with van der Waals surface area (Å²) in [6.07, 6.45) is 2.05. The van der Waals surface area contributed by atoms with Crippen LogP contribution >= 0.6 is 0 Å². The Morgan fingerprint density at radius 1 is 1.32 bits per heavy atom. The number of carbonyl (C=O) groups excluding carboxylic acids is 2. The van der Waals surface area contributed by atoms with Gasteiger partial charge < -0.3 is 30.5 Å². The largest absolute Gasteiger partial charge is 0.491 e. The highest BCUT2D eigenvalue weighted by molar-refractivity contribution is 5.72. The molecule has 1 aliphatic rings. The fraction of sp³-hybridized carbons (Fsp3) is 0.545. The van der Waals surface area contributed by atoms with Crippen molar-refractivity contribution in [2.24, 2.45) is 5.73 Å². The zero-order valence-electron chi connectivity index (χ0n) is 18.2. The van der Waals surface area contributed by atoms with Crippen LogP contribution in [0.2, 0.25) is 0 Å². The van der Waals surface area contributed by atoms with Gasteiger partial charge in [-0.05, 0) is 37.0 Å². The van der Waals surface area contributed by atoms with Crippen molar-refractivity contribution in [1.29, 1.82) is 0 Å². The first-order valence-corrected chi connectivity index (χ1v) is 10.6. The number of urea groups is 1. The lowest BCUT2D eigenvalue weighted by Gasteiger charge is -2.34. The first-order chi connectivity index (χ1) is 14.9. The topological polar surface area (TPSA) is 117 Å². The number of primary amides is 1. The number of benzene rings is 1. The quantitative estimate of drug-likeness (QED) is 0.450. The van der Waals surface area contributed by atoms with Crippen molar-refractivity contribution in [2.45, 2.75) is 25.9 Å². The van der Waals surface area contributed by atoms with Gasteiger partial charge in [0.15, 0.2) is 0 Å². The maximum Gasteiger partial charge on any atom is 0.407 e. The number of amides is 3. The summed E-state index contributed by atoms with van der Waals surface area (Å²) in [5.74, 6) is 0.708. The smallest absolute Gasteiger partial charge is 0.407 e. The van der Waals surface area contributed by atoms with Crippen LogP contribution in [0.25, 0.3) is 0 Å². The fourth-order valence-corrected chi connectivity index (χ4v) is 3.42. The highest BCUT2D eigenvalue weighted by atomic mass is 16.5. The van der Waals surface area contributed by atoms with Gasteiger partial charge in [-0.15, -0.1) is 6.58 Å². The number of nitrogens with one attached hydrogen (secondary N) is 1. The molecule has 0 radical (unpaired) electrons. The summed E-state index contributed by atoms with van der Waals surface area (Å²) in [6.45, 7) is 9.52. The van der Waals surface area contributed by atoms with E-state index in [0.717, 1.165) is 11.1 Å². The van der Waals surface area contributed by atoms with Gasteiger partial charge in [-0.2, -0.15) is 0 Å². The van der Waals surface area contributed by atoms with Crippen LogP contribution in [-0.4, -0.2) is 85.6 Å². The van der Waals surface area contributed by atoms with Gasteiger partial charge in [0.1, 0.15) is 18.5 Å². The van der Waals surface area contributed by atoms with Crippen molar-refractivity contribution < 1.29 is 24.2 Å². The van der Waals surface area contributed by atoms with E-state index in [9.17, 15) is 14.7 Å². The summed E-state index contributed by atoms with van der Waals surface area (Å²) in [5.41, 5.74) is 7.34. The highest BCUT2D eigenvalue weighted by Crippen LogP contribution is 2.22. The number of allylic oxidation sites excluding steroid dienone is 1. The zero-order chi connectivity index (χ0) is 22.6. The number of aliphatic hydroxyl groups excluding tert-OH is 1. The number of hydrogen-bond acceptors (Lipinski definition) is 6. The summed E-state index contributed by atoms with van der Waals surface area (Å²) in [7, 11) is 0. The molecule has 3 amide bonds. The second-order valence-corrected chi connectivity index (χ2v) is 7.42. The van der Waals surface area contributed by atoms with Gasteiger partial charge in [-0.3, -0.25) is 4.90 Å². The molecule has 1 aliphatic heterocycles. The Bertz CT molecular complexity index is 735. The number of piperazine rings is 1. The minimum atomic E-state index is -0.648. The molecule has 1 unspecified atom stereocenters. The Morgan fingerprint density at radius 3 is 2.71 bits per heavy atom. The van der Waals surface area contributed by atoms with Crippen LogP contribution in [0.4, 0.5) is 9.59 Å². The minimum absolute atomic E-state index is 0.171. The molecule has 1 aromatic carbocycles. The number of alkyl carbamates (subject to hydrolysis) is 1. The third-order valence-electron chi connectivity index (χ3n) is 5.03. The van der Waals surface area contributed by atoms with E-state index >= 15 is 0 Å². The van der Waals surface area contributed by atoms with Gasteiger partial charge in [-0.1, -0.05) is 18.2 Å². The number of ether oxygens (including phenoxy) is 2. The molecule has 1 fully saturated rings. The van der Waals surface area contributed by atoms with E-state index in [2.05, 4.69) is 16.8 Å². The Balaban J connectivity index is 1.82. The van der Waals surface area contributed by atoms with E-state index in [-0.39, 0.29) is 6.61 Å². The molecular formula is C22H34N4O5. The molecule has 0 saturated carbocycles. The first kappa shape index (κ1) is 24.5. The molecule has 0 bridgehead atoms. The van der Waals surface area contributed by atoms with Gasteiger partial charge in [0.05, 0.1) is 6.61 Å². The summed E-state index contributed by atoms with van der Waals surface area (Å²) < 4.78 is 10.7. The molecule has 1 heterocycles. The van der Waals surface area contributed by atoms with E-state index in [1.54, 1.807) is 17.9 Å². The van der Waals surface area contributed by atoms with Gasteiger partial charge in [-0.25, -0.2) is 9.59 Å². The third kappa shape index (κ3) is 8.47. The lowest BCUT2D eigenvalue weighted by molar-refractivity contribution is 0.0520. The maximum atomic E-state index is 11.4. The molecular weight excluding hydrogens is 400 g/mol. The normalized spacial score (nSPS) is 15.2. The van der Waals surface area contributed by atoms with Crippen LogP contribution in [0.3, 0.4) is 0 Å². The van der Waals surface area contributed by atoms with E-state index in [0.29, 0.717) is 64.5 Å². The second-order valence-electron chi connectivity index (χ2n) is 7.42. The molecule has 9 heteroatoms. The van der Waals surface area contributed by atoms with Crippen LogP contribution in [0, 0.1) is 0 Å². The molecule has 0 aliphatic carbocycles. The van der Waals surface area contributed by atoms with Crippen LogP contribution in [0.15, 0.2) is 30.9 Å². The number of rotatable bonds is 11. The Morgan fingerprint density at radius 2 is 2.06 bits per heavy atom. The molecule has 2 rings (SSSR count). The molecule has 9 nitrogen and oxygen atoms in total. The Labute approximate surface area is 183 Å². The van der Waals surface area contributed by atoms with Crippen molar-refractivity contribution in [3.05, 3.63) is 42.0 Å². The van der Waals surface area contributed by atoms with E-state index in [4.69, 9.17) is 15.2 Å². The molecule has 0 aromatic heterocycles. The Kier molecular flexibility index (Phi) is 10.1. The zero-order valence-corrected chi connectivity index (χ0v) is 18.2. The van der Waals surface area contributed by atoms with E-state index < -0.39 is 18.2 Å². The van der Waals surface area contributed by atoms with Gasteiger partial charge in [0.25, 0.3) is 0 Å². The van der Waals surface area contributed by atoms with Gasteiger partial charge in [0.2, 0.25) is 0 Å². The number of hydrogen-bond donors (Lipinski definition) is 3. The SMILES string of the molecule is C=CCc1cc(CCNC(=O)OCC)ccc1OCC(O)CN1CCN(C(N)=O)CC1. The predicted molar refractivity (Wildman–Crippen MR) is 118 cm³/mol. The highest BCUT2D eigenvalue weighted by Gasteiger charge is 2.21. The lowest BCUT2D eigenvalue weighted by Crippen LogP contribution is -2.52. The lowest BCUT2D eigenvalue weighted by atomic mass is 10.0. The standard InChI is InChI=1S/C22H34N4O5/c1-3-5-18-14-17(8-9-24-22(29)30-4-2)6-7-20(18)31-16-19(27)15-25-10-12-26(13-11-25)21(23)28/h3,6-7,14,19,27H,1,4-5,8-13,15-16H2,2H3,(H2,23,28)(H,24,29). The van der Waals surface area contributed by atoms with Crippen LogP contribution in [0.5, 0.6) is 5.75 Å². The third-order valence-corrected chi connectivity index (χ3v) is 5.03. The van der Waals surface area contributed by atoms with Crippen LogP contribution < -0.4 is 15.8 Å². The predicted octanol–water partition coefficient (Wildman–Crippen LogP) is 1.14. The van der Waals surface area contributed by atoms with Gasteiger partial charge in [0, 0.05) is 39.3 Å². The van der Waals surface area contributed by atoms with Crippen LogP contribution in [-0.2, 0) is 17.6 Å². The summed E-state index contributed by atoms with van der Waals surface area (Å²) in [4.78, 5) is 26.3. The summed E-state index contributed by atoms with van der Waals surface area (Å²) in [5, 5.41) is 13.1. The monoisotopic (exact) mass is 434 g/mol. The van der Waals surface area contributed by atoms with E-state index in [1.807, 2.05) is 18.2 Å². The molecule has 1 aromatic rings. The van der Waals surface area contributed by atoms with Crippen molar-refractivity contribution in [2.75, 3.05) is 52.5 Å². The summed E-state index contributed by atoms with van der Waals surface area (Å²) >= 11 is 0. The molecule has 0 spiro atoms. The molecule has 4 N–H and O–H groups in total. The average molecular weight is 435 g/mol. The number of carbonyl (C=O) groups is 2. The number of aliphatic hydroxyl groups is 1. The van der Waals surface area contributed by atoms with Crippen molar-refractivity contribution in [1.82, 2.24) is 15.1 Å². The van der Waals surface area contributed by atoms with Crippen LogP contribution in [0.1, 0.15) is 18.1 Å². The minimum Gasteiger partial charge on any atom is -0.491 e. The first-order valence-electron chi connectivity index (χ1n) is 10.6. The van der Waals surface area contributed by atoms with Crippen molar-refractivity contribution in [3.63, 3.8) is 0 Å². The van der Waals surface area contributed by atoms with Crippen molar-refractivity contribution in [3.8, 4) is 5.75 Å².